The van der Waals surface area contributed by atoms with E-state index in [-0.39, 0.29) is 17.6 Å². The number of halogens is 3. The highest BCUT2D eigenvalue weighted by Gasteiger charge is 2.31. The number of hydrogen-bond donors (Lipinski definition) is 3. The number of rotatable bonds is 3. The van der Waals surface area contributed by atoms with E-state index in [9.17, 15) is 18.3 Å². The molecule has 7 heteroatoms. The summed E-state index contributed by atoms with van der Waals surface area (Å²) in [6.45, 7) is 0.230. The Kier molecular flexibility index (Phi) is 3.27. The molecule has 0 saturated heterocycles. The van der Waals surface area contributed by atoms with E-state index in [0.29, 0.717) is 5.52 Å². The van der Waals surface area contributed by atoms with Gasteiger partial charge in [0, 0.05) is 11.9 Å². The first kappa shape index (κ1) is 12.8. The molecule has 2 aromatic rings. The predicted octanol–water partition coefficient (Wildman–Crippen LogP) is 1.83. The molecule has 0 aliphatic rings. The smallest absolute Gasteiger partial charge is 0.385 e. The third kappa shape index (κ3) is 2.32. The van der Waals surface area contributed by atoms with Crippen molar-refractivity contribution in [1.82, 2.24) is 15.5 Å². The van der Waals surface area contributed by atoms with Crippen LogP contribution in [0.4, 0.5) is 13.2 Å². The molecule has 0 amide bonds. The van der Waals surface area contributed by atoms with Gasteiger partial charge in [-0.25, -0.2) is 0 Å². The van der Waals surface area contributed by atoms with Gasteiger partial charge in [-0.05, 0) is 25.2 Å². The molecule has 4 nitrogen and oxygen atoms in total. The van der Waals surface area contributed by atoms with Gasteiger partial charge < -0.3 is 10.4 Å². The van der Waals surface area contributed by atoms with Gasteiger partial charge in [0.2, 0.25) is 0 Å². The van der Waals surface area contributed by atoms with Gasteiger partial charge in [0.1, 0.15) is 6.10 Å². The molecule has 1 aromatic heterocycles. The van der Waals surface area contributed by atoms with Gasteiger partial charge in [-0.2, -0.15) is 18.3 Å². The van der Waals surface area contributed by atoms with Crippen LogP contribution in [0.3, 0.4) is 0 Å². The summed E-state index contributed by atoms with van der Waals surface area (Å²) in [7, 11) is 1.64. The minimum Gasteiger partial charge on any atom is -0.385 e. The van der Waals surface area contributed by atoms with Crippen LogP contribution in [0.25, 0.3) is 10.9 Å². The van der Waals surface area contributed by atoms with E-state index in [1.54, 1.807) is 7.05 Å². The standard InChI is InChI=1S/C11H12F3N3O/c1-15-5-9(18)10-7-4-6(11(12,13)14)2-3-8(7)16-17-10/h2-4,9,15,18H,5H2,1H3,(H,16,17). The molecule has 0 aliphatic heterocycles. The van der Waals surface area contributed by atoms with Crippen LogP contribution >= 0.6 is 0 Å². The Morgan fingerprint density at radius 1 is 1.44 bits per heavy atom. The quantitative estimate of drug-likeness (QED) is 0.788. The summed E-state index contributed by atoms with van der Waals surface area (Å²) < 4.78 is 37.8. The fourth-order valence-electron chi connectivity index (χ4n) is 1.76. The van der Waals surface area contributed by atoms with Crippen LogP contribution in [0, 0.1) is 0 Å². The van der Waals surface area contributed by atoms with E-state index in [0.717, 1.165) is 12.1 Å². The topological polar surface area (TPSA) is 60.9 Å². The van der Waals surface area contributed by atoms with Crippen LogP contribution in [0.1, 0.15) is 17.4 Å². The first-order chi connectivity index (χ1) is 8.43. The summed E-state index contributed by atoms with van der Waals surface area (Å²) >= 11 is 0. The lowest BCUT2D eigenvalue weighted by Gasteiger charge is -2.09. The molecule has 2 rings (SSSR count). The molecule has 1 atom stereocenters. The molecule has 0 saturated carbocycles. The van der Waals surface area contributed by atoms with E-state index in [1.807, 2.05) is 0 Å². The van der Waals surface area contributed by atoms with Crippen molar-refractivity contribution in [1.29, 1.82) is 0 Å². The third-order valence-corrected chi connectivity index (χ3v) is 2.64. The Bertz CT molecular complexity index is 550. The number of benzene rings is 1. The molecular weight excluding hydrogens is 247 g/mol. The average Bonchev–Trinajstić information content (AvgIpc) is 2.70. The maximum absolute atomic E-state index is 12.6. The van der Waals surface area contributed by atoms with Gasteiger partial charge in [-0.1, -0.05) is 0 Å². The maximum Gasteiger partial charge on any atom is 0.416 e. The second-order valence-corrected chi connectivity index (χ2v) is 3.94. The van der Waals surface area contributed by atoms with Crippen LogP contribution in [0.5, 0.6) is 0 Å². The summed E-state index contributed by atoms with van der Waals surface area (Å²) in [5.74, 6) is 0. The fourth-order valence-corrected chi connectivity index (χ4v) is 1.76. The van der Waals surface area contributed by atoms with Crippen molar-refractivity contribution >= 4 is 10.9 Å². The third-order valence-electron chi connectivity index (χ3n) is 2.64. The van der Waals surface area contributed by atoms with Crippen molar-refractivity contribution in [3.8, 4) is 0 Å². The first-order valence-electron chi connectivity index (χ1n) is 5.31. The molecule has 1 aromatic carbocycles. The number of hydrogen-bond acceptors (Lipinski definition) is 3. The Morgan fingerprint density at radius 2 is 2.17 bits per heavy atom. The van der Waals surface area contributed by atoms with E-state index in [1.165, 1.54) is 6.07 Å². The van der Waals surface area contributed by atoms with Crippen molar-refractivity contribution in [3.63, 3.8) is 0 Å². The number of aromatic nitrogens is 2. The first-order valence-corrected chi connectivity index (χ1v) is 5.31. The van der Waals surface area contributed by atoms with Gasteiger partial charge in [-0.15, -0.1) is 0 Å². The molecule has 0 radical (unpaired) electrons. The monoisotopic (exact) mass is 259 g/mol. The van der Waals surface area contributed by atoms with E-state index in [2.05, 4.69) is 15.5 Å². The van der Waals surface area contributed by atoms with E-state index in [4.69, 9.17) is 0 Å². The summed E-state index contributed by atoms with van der Waals surface area (Å²) in [6.07, 6.45) is -5.33. The van der Waals surface area contributed by atoms with Crippen molar-refractivity contribution in [2.24, 2.45) is 0 Å². The SMILES string of the molecule is CNCC(O)c1[nH]nc2ccc(C(F)(F)F)cc12. The lowest BCUT2D eigenvalue weighted by Crippen LogP contribution is -2.17. The molecule has 0 bridgehead atoms. The number of nitrogens with zero attached hydrogens (tertiary/aromatic N) is 1. The van der Waals surface area contributed by atoms with Crippen molar-refractivity contribution in [2.75, 3.05) is 13.6 Å². The number of fused-ring (bicyclic) bond motifs is 1. The van der Waals surface area contributed by atoms with Gasteiger partial charge in [0.15, 0.2) is 0 Å². The van der Waals surface area contributed by atoms with Crippen LogP contribution in [-0.2, 0) is 6.18 Å². The highest BCUT2D eigenvalue weighted by Crippen LogP contribution is 2.32. The highest BCUT2D eigenvalue weighted by atomic mass is 19.4. The van der Waals surface area contributed by atoms with Gasteiger partial charge in [-0.3, -0.25) is 5.10 Å². The number of nitrogens with one attached hydrogen (secondary N) is 2. The molecular formula is C11H12F3N3O. The number of aromatic amines is 1. The lowest BCUT2D eigenvalue weighted by atomic mass is 10.1. The Balaban J connectivity index is 2.50. The largest absolute Gasteiger partial charge is 0.416 e. The van der Waals surface area contributed by atoms with Crippen molar-refractivity contribution in [3.05, 3.63) is 29.5 Å². The molecule has 98 valence electrons. The highest BCUT2D eigenvalue weighted by molar-refractivity contribution is 5.82. The number of aliphatic hydroxyl groups excluding tert-OH is 1. The minimum atomic E-state index is -4.41. The van der Waals surface area contributed by atoms with E-state index < -0.39 is 17.8 Å². The summed E-state index contributed by atoms with van der Waals surface area (Å²) in [5, 5.41) is 19.3. The molecule has 0 spiro atoms. The Labute approximate surface area is 101 Å². The molecule has 1 heterocycles. The zero-order valence-corrected chi connectivity index (χ0v) is 9.54. The lowest BCUT2D eigenvalue weighted by molar-refractivity contribution is -0.137. The Morgan fingerprint density at radius 3 is 2.78 bits per heavy atom. The van der Waals surface area contributed by atoms with Gasteiger partial charge in [0.05, 0.1) is 16.8 Å². The Hall–Kier alpha value is -1.60. The maximum atomic E-state index is 12.6. The molecule has 18 heavy (non-hydrogen) atoms. The van der Waals surface area contributed by atoms with Crippen molar-refractivity contribution in [2.45, 2.75) is 12.3 Å². The summed E-state index contributed by atoms with van der Waals surface area (Å²) in [5.41, 5.74) is -0.0760. The number of aliphatic hydroxyl groups is 1. The zero-order valence-electron chi connectivity index (χ0n) is 9.54. The van der Waals surface area contributed by atoms with Crippen LogP contribution in [-0.4, -0.2) is 28.9 Å². The number of alkyl halides is 3. The van der Waals surface area contributed by atoms with Crippen molar-refractivity contribution < 1.29 is 18.3 Å². The predicted molar refractivity (Wildman–Crippen MR) is 60.0 cm³/mol. The molecule has 1 unspecified atom stereocenters. The zero-order chi connectivity index (χ0) is 13.3. The second kappa shape index (κ2) is 4.58. The van der Waals surface area contributed by atoms with Gasteiger partial charge in [0.25, 0.3) is 0 Å². The second-order valence-electron chi connectivity index (χ2n) is 3.94. The van der Waals surface area contributed by atoms with E-state index >= 15 is 0 Å². The minimum absolute atomic E-state index is 0.230. The fraction of sp³-hybridized carbons (Fsp3) is 0.364. The number of likely N-dealkylation sites (N-methyl/N-ethyl adjacent to an activating group) is 1. The normalized spacial score (nSPS) is 14.1. The average molecular weight is 259 g/mol. The summed E-state index contributed by atoms with van der Waals surface area (Å²) in [6, 6.07) is 3.24. The number of H-pyrrole nitrogens is 1. The van der Waals surface area contributed by atoms with Gasteiger partial charge >= 0.3 is 6.18 Å². The molecule has 0 aliphatic carbocycles. The summed E-state index contributed by atoms with van der Waals surface area (Å²) in [4.78, 5) is 0. The molecule has 3 N–H and O–H groups in total. The van der Waals surface area contributed by atoms with Crippen LogP contribution in [0.2, 0.25) is 0 Å². The van der Waals surface area contributed by atoms with Crippen LogP contribution in [0.15, 0.2) is 18.2 Å². The van der Waals surface area contributed by atoms with Crippen LogP contribution < -0.4 is 5.32 Å². The molecule has 0 fully saturated rings.